The summed E-state index contributed by atoms with van der Waals surface area (Å²) in [5.74, 6) is -0.427. The summed E-state index contributed by atoms with van der Waals surface area (Å²) in [6, 6.07) is 9.35. The monoisotopic (exact) mass is 233 g/mol. The zero-order valence-electron chi connectivity index (χ0n) is 8.98. The normalized spacial score (nSPS) is 19.8. The third kappa shape index (κ3) is 2.77. The van der Waals surface area contributed by atoms with Gasteiger partial charge in [0.25, 0.3) is 5.91 Å². The molecule has 1 unspecified atom stereocenters. The largest absolute Gasteiger partial charge is 0.320 e. The fourth-order valence-corrected chi connectivity index (χ4v) is 1.39. The van der Waals surface area contributed by atoms with Crippen LogP contribution in [0.25, 0.3) is 6.08 Å². The summed E-state index contributed by atoms with van der Waals surface area (Å²) in [5, 5.41) is 0.909. The van der Waals surface area contributed by atoms with Gasteiger partial charge in [0.2, 0.25) is 6.23 Å². The molecule has 0 aliphatic carbocycles. The molecule has 1 atom stereocenters. The highest BCUT2D eigenvalue weighted by Crippen LogP contribution is 2.11. The van der Waals surface area contributed by atoms with Gasteiger partial charge in [-0.2, -0.15) is 5.06 Å². The van der Waals surface area contributed by atoms with E-state index in [-0.39, 0.29) is 6.79 Å². The van der Waals surface area contributed by atoms with Crippen molar-refractivity contribution in [2.24, 2.45) is 0 Å². The molecule has 0 saturated carbocycles. The van der Waals surface area contributed by atoms with E-state index >= 15 is 0 Å². The SMILES string of the molecule is O=CC1OCON1C(=O)C=Cc1ccccc1. The van der Waals surface area contributed by atoms with Crippen LogP contribution in [-0.2, 0) is 19.2 Å². The number of amides is 1. The first-order valence-corrected chi connectivity index (χ1v) is 5.07. The number of benzene rings is 1. The van der Waals surface area contributed by atoms with Crippen molar-refractivity contribution >= 4 is 18.3 Å². The van der Waals surface area contributed by atoms with Gasteiger partial charge in [-0.3, -0.25) is 9.59 Å². The second-order valence-electron chi connectivity index (χ2n) is 3.35. The molecule has 88 valence electrons. The summed E-state index contributed by atoms with van der Waals surface area (Å²) in [6.07, 6.45) is 2.54. The maximum absolute atomic E-state index is 11.7. The van der Waals surface area contributed by atoms with Crippen LogP contribution in [0.2, 0.25) is 0 Å². The van der Waals surface area contributed by atoms with Crippen LogP contribution in [0.4, 0.5) is 0 Å². The molecule has 2 rings (SSSR count). The Bertz CT molecular complexity index is 429. The molecule has 1 aliphatic rings. The molecule has 5 nitrogen and oxygen atoms in total. The molecule has 0 N–H and O–H groups in total. The van der Waals surface area contributed by atoms with Crippen LogP contribution in [-0.4, -0.2) is 30.3 Å². The molecule has 17 heavy (non-hydrogen) atoms. The Balaban J connectivity index is 2.02. The Labute approximate surface area is 98.2 Å². The van der Waals surface area contributed by atoms with Crippen molar-refractivity contribution in [3.8, 4) is 0 Å². The lowest BCUT2D eigenvalue weighted by Crippen LogP contribution is -2.34. The lowest BCUT2D eigenvalue weighted by molar-refractivity contribution is -0.171. The van der Waals surface area contributed by atoms with Crippen LogP contribution in [0, 0.1) is 0 Å². The van der Waals surface area contributed by atoms with Gasteiger partial charge in [-0.1, -0.05) is 30.3 Å². The summed E-state index contributed by atoms with van der Waals surface area (Å²) < 4.78 is 4.87. The van der Waals surface area contributed by atoms with Crippen LogP contribution < -0.4 is 0 Å². The minimum absolute atomic E-state index is 0.0890. The molecule has 1 fully saturated rings. The number of nitrogens with zero attached hydrogens (tertiary/aromatic N) is 1. The van der Waals surface area contributed by atoms with Crippen molar-refractivity contribution < 1.29 is 19.2 Å². The summed E-state index contributed by atoms with van der Waals surface area (Å²) >= 11 is 0. The molecule has 1 aliphatic heterocycles. The molecule has 0 aromatic heterocycles. The average molecular weight is 233 g/mol. The first-order chi connectivity index (χ1) is 8.31. The maximum atomic E-state index is 11.7. The molecule has 5 heteroatoms. The van der Waals surface area contributed by atoms with Gasteiger partial charge in [-0.15, -0.1) is 0 Å². The van der Waals surface area contributed by atoms with E-state index in [1.54, 1.807) is 6.08 Å². The summed E-state index contributed by atoms with van der Waals surface area (Å²) in [6.45, 7) is -0.0890. The Hall–Kier alpha value is -1.98. The van der Waals surface area contributed by atoms with Gasteiger partial charge < -0.3 is 4.74 Å². The van der Waals surface area contributed by atoms with E-state index in [1.165, 1.54) is 6.08 Å². The van der Waals surface area contributed by atoms with Crippen molar-refractivity contribution in [1.29, 1.82) is 0 Å². The number of aldehydes is 1. The Morgan fingerprint density at radius 2 is 2.12 bits per heavy atom. The minimum Gasteiger partial charge on any atom is -0.320 e. The van der Waals surface area contributed by atoms with Gasteiger partial charge in [-0.05, 0) is 11.6 Å². The van der Waals surface area contributed by atoms with Gasteiger partial charge in [0.05, 0.1) is 0 Å². The van der Waals surface area contributed by atoms with Crippen LogP contribution in [0.15, 0.2) is 36.4 Å². The van der Waals surface area contributed by atoms with Gasteiger partial charge in [0, 0.05) is 6.08 Å². The highest BCUT2D eigenvalue weighted by atomic mass is 16.8. The summed E-state index contributed by atoms with van der Waals surface area (Å²) in [4.78, 5) is 27.1. The quantitative estimate of drug-likeness (QED) is 0.576. The standard InChI is InChI=1S/C12H11NO4/c14-8-12-13(17-9-16-12)11(15)7-6-10-4-2-1-3-5-10/h1-8,12H,9H2. The van der Waals surface area contributed by atoms with Crippen LogP contribution in [0.1, 0.15) is 5.56 Å². The van der Waals surface area contributed by atoms with Crippen molar-refractivity contribution in [3.05, 3.63) is 42.0 Å². The number of hydroxylamine groups is 2. The van der Waals surface area contributed by atoms with Gasteiger partial charge in [0.15, 0.2) is 13.1 Å². The predicted molar refractivity (Wildman–Crippen MR) is 59.2 cm³/mol. The second-order valence-corrected chi connectivity index (χ2v) is 3.35. The Morgan fingerprint density at radius 1 is 1.35 bits per heavy atom. The van der Waals surface area contributed by atoms with E-state index in [1.807, 2.05) is 30.3 Å². The predicted octanol–water partition coefficient (Wildman–Crippen LogP) is 0.973. The maximum Gasteiger partial charge on any atom is 0.273 e. The zero-order chi connectivity index (χ0) is 12.1. The van der Waals surface area contributed by atoms with E-state index in [0.717, 1.165) is 10.6 Å². The molecular weight excluding hydrogens is 222 g/mol. The number of carbonyl (C=O) groups is 2. The number of carbonyl (C=O) groups excluding carboxylic acids is 2. The third-order valence-corrected chi connectivity index (χ3v) is 2.21. The number of rotatable bonds is 3. The van der Waals surface area contributed by atoms with Crippen LogP contribution >= 0.6 is 0 Å². The zero-order valence-corrected chi connectivity index (χ0v) is 8.98. The molecule has 0 radical (unpaired) electrons. The van der Waals surface area contributed by atoms with Crippen molar-refractivity contribution in [2.45, 2.75) is 6.23 Å². The average Bonchev–Trinajstić information content (AvgIpc) is 2.85. The van der Waals surface area contributed by atoms with Gasteiger partial charge in [-0.25, -0.2) is 4.84 Å². The molecule has 1 aromatic rings. The topological polar surface area (TPSA) is 55.8 Å². The fraction of sp³-hybridized carbons (Fsp3) is 0.167. The van der Waals surface area contributed by atoms with E-state index in [0.29, 0.717) is 6.29 Å². The van der Waals surface area contributed by atoms with Crippen LogP contribution in [0.5, 0.6) is 0 Å². The molecule has 1 aromatic carbocycles. The molecule has 1 saturated heterocycles. The lowest BCUT2D eigenvalue weighted by Gasteiger charge is -2.13. The van der Waals surface area contributed by atoms with Crippen molar-refractivity contribution in [1.82, 2.24) is 5.06 Å². The van der Waals surface area contributed by atoms with E-state index < -0.39 is 12.1 Å². The molecule has 1 amide bonds. The number of hydrogen-bond acceptors (Lipinski definition) is 4. The van der Waals surface area contributed by atoms with Gasteiger partial charge in [0.1, 0.15) is 0 Å². The van der Waals surface area contributed by atoms with Gasteiger partial charge >= 0.3 is 0 Å². The molecular formula is C12H11NO4. The molecule has 0 spiro atoms. The van der Waals surface area contributed by atoms with Crippen LogP contribution in [0.3, 0.4) is 0 Å². The van der Waals surface area contributed by atoms with E-state index in [2.05, 4.69) is 0 Å². The summed E-state index contributed by atoms with van der Waals surface area (Å²) in [5.41, 5.74) is 0.892. The smallest absolute Gasteiger partial charge is 0.273 e. The van der Waals surface area contributed by atoms with E-state index in [4.69, 9.17) is 9.57 Å². The molecule has 0 bridgehead atoms. The number of ether oxygens (including phenoxy) is 1. The third-order valence-electron chi connectivity index (χ3n) is 2.21. The highest BCUT2D eigenvalue weighted by molar-refractivity contribution is 5.92. The second kappa shape index (κ2) is 5.38. The lowest BCUT2D eigenvalue weighted by atomic mass is 10.2. The first kappa shape index (κ1) is 11.5. The minimum atomic E-state index is -0.956. The Kier molecular flexibility index (Phi) is 3.64. The first-order valence-electron chi connectivity index (χ1n) is 5.07. The summed E-state index contributed by atoms with van der Waals surface area (Å²) in [7, 11) is 0. The van der Waals surface area contributed by atoms with E-state index in [9.17, 15) is 9.59 Å². The van der Waals surface area contributed by atoms with Crippen molar-refractivity contribution in [2.75, 3.05) is 6.79 Å². The number of hydrogen-bond donors (Lipinski definition) is 0. The Morgan fingerprint density at radius 3 is 2.82 bits per heavy atom. The molecule has 1 heterocycles. The fourth-order valence-electron chi connectivity index (χ4n) is 1.39. The van der Waals surface area contributed by atoms with Crippen molar-refractivity contribution in [3.63, 3.8) is 0 Å². The highest BCUT2D eigenvalue weighted by Gasteiger charge is 2.29.